The third-order valence-corrected chi connectivity index (χ3v) is 5.20. The van der Waals surface area contributed by atoms with Gasteiger partial charge in [-0.25, -0.2) is 9.97 Å². The average Bonchev–Trinajstić information content (AvgIpc) is 3.14. The molecule has 2 heterocycles. The number of hydrogen-bond donors (Lipinski definition) is 1. The lowest BCUT2D eigenvalue weighted by atomic mass is 9.97. The van der Waals surface area contributed by atoms with Gasteiger partial charge < -0.3 is 10.5 Å². The van der Waals surface area contributed by atoms with Crippen LogP contribution in [0, 0.1) is 0 Å². The van der Waals surface area contributed by atoms with Gasteiger partial charge >= 0.3 is 6.18 Å². The first kappa shape index (κ1) is 20.4. The number of benzene rings is 1. The van der Waals surface area contributed by atoms with Gasteiger partial charge in [0.15, 0.2) is 0 Å². The fraction of sp³-hybridized carbons (Fsp3) is 0.318. The third-order valence-electron chi connectivity index (χ3n) is 5.20. The SMILES string of the molecule is COC[C@H](N)CCc1ncc2cncc(C3=CCc4cc(C(F)(F)F)ccc43)c2n1. The summed E-state index contributed by atoms with van der Waals surface area (Å²) in [6.07, 6.45) is 4.41. The van der Waals surface area contributed by atoms with E-state index >= 15 is 0 Å². The lowest BCUT2D eigenvalue weighted by Gasteiger charge is -2.12. The first-order valence-electron chi connectivity index (χ1n) is 9.62. The molecular weight excluding hydrogens is 393 g/mol. The molecule has 0 spiro atoms. The molecule has 0 fully saturated rings. The van der Waals surface area contributed by atoms with Gasteiger partial charge in [0.2, 0.25) is 0 Å². The van der Waals surface area contributed by atoms with Crippen LogP contribution in [0.2, 0.25) is 0 Å². The van der Waals surface area contributed by atoms with E-state index < -0.39 is 11.7 Å². The number of hydrogen-bond acceptors (Lipinski definition) is 5. The molecule has 0 amide bonds. The minimum Gasteiger partial charge on any atom is -0.383 e. The van der Waals surface area contributed by atoms with Crippen molar-refractivity contribution < 1.29 is 17.9 Å². The molecule has 156 valence electrons. The van der Waals surface area contributed by atoms with Crippen molar-refractivity contribution in [1.29, 1.82) is 0 Å². The van der Waals surface area contributed by atoms with Crippen LogP contribution in [0.3, 0.4) is 0 Å². The number of pyridine rings is 1. The van der Waals surface area contributed by atoms with E-state index in [-0.39, 0.29) is 6.04 Å². The molecule has 2 aromatic heterocycles. The number of fused-ring (bicyclic) bond motifs is 2. The fourth-order valence-electron chi connectivity index (χ4n) is 3.70. The fourth-order valence-corrected chi connectivity index (χ4v) is 3.70. The highest BCUT2D eigenvalue weighted by Crippen LogP contribution is 2.38. The van der Waals surface area contributed by atoms with Crippen molar-refractivity contribution in [2.75, 3.05) is 13.7 Å². The van der Waals surface area contributed by atoms with Crippen LogP contribution in [0.25, 0.3) is 16.5 Å². The Labute approximate surface area is 171 Å². The van der Waals surface area contributed by atoms with E-state index in [9.17, 15) is 13.2 Å². The number of aryl methyl sites for hydroxylation is 1. The van der Waals surface area contributed by atoms with Crippen LogP contribution >= 0.6 is 0 Å². The minimum atomic E-state index is -4.36. The van der Waals surface area contributed by atoms with E-state index in [1.165, 1.54) is 12.1 Å². The van der Waals surface area contributed by atoms with Crippen molar-refractivity contribution in [3.63, 3.8) is 0 Å². The van der Waals surface area contributed by atoms with Crippen molar-refractivity contribution in [2.24, 2.45) is 5.73 Å². The van der Waals surface area contributed by atoms with Crippen molar-refractivity contribution in [3.05, 3.63) is 70.9 Å². The second kappa shape index (κ2) is 8.12. The zero-order valence-corrected chi connectivity index (χ0v) is 16.4. The molecule has 30 heavy (non-hydrogen) atoms. The van der Waals surface area contributed by atoms with Gasteiger partial charge in [0.05, 0.1) is 17.7 Å². The summed E-state index contributed by atoms with van der Waals surface area (Å²) >= 11 is 0. The summed E-state index contributed by atoms with van der Waals surface area (Å²) in [7, 11) is 1.61. The molecule has 0 bridgehead atoms. The number of allylic oxidation sites excluding steroid dienone is 1. The summed E-state index contributed by atoms with van der Waals surface area (Å²) in [4.78, 5) is 13.4. The Balaban J connectivity index is 1.68. The van der Waals surface area contributed by atoms with Gasteiger partial charge in [-0.2, -0.15) is 13.2 Å². The Hall–Kier alpha value is -2.84. The molecule has 8 heteroatoms. The standard InChI is InChI=1S/C22H21F3N4O/c1-30-12-16(26)4-7-20-28-10-14-9-27-11-19(21(14)29-20)18-5-2-13-8-15(22(23,24)25)3-6-17(13)18/h3,5-6,8-11,16H,2,4,7,12,26H2,1H3/t16-/m1/s1. The van der Waals surface area contributed by atoms with Crippen LogP contribution in [0.1, 0.15) is 34.5 Å². The maximum atomic E-state index is 13.0. The molecule has 0 aliphatic heterocycles. The van der Waals surface area contributed by atoms with E-state index in [1.807, 2.05) is 6.08 Å². The Morgan fingerprint density at radius 2 is 2.00 bits per heavy atom. The smallest absolute Gasteiger partial charge is 0.383 e. The number of methoxy groups -OCH3 is 1. The Kier molecular flexibility index (Phi) is 5.53. The highest BCUT2D eigenvalue weighted by molar-refractivity contribution is 5.96. The van der Waals surface area contributed by atoms with E-state index in [1.54, 1.807) is 25.7 Å². The highest BCUT2D eigenvalue weighted by atomic mass is 19.4. The van der Waals surface area contributed by atoms with Gasteiger partial charge in [0.1, 0.15) is 5.82 Å². The molecule has 1 aromatic carbocycles. The van der Waals surface area contributed by atoms with Crippen molar-refractivity contribution in [1.82, 2.24) is 15.0 Å². The van der Waals surface area contributed by atoms with Gasteiger partial charge in [-0.1, -0.05) is 12.1 Å². The van der Waals surface area contributed by atoms with Crippen molar-refractivity contribution >= 4 is 16.5 Å². The Bertz CT molecular complexity index is 1110. The van der Waals surface area contributed by atoms with Gasteiger partial charge in [-0.15, -0.1) is 0 Å². The van der Waals surface area contributed by atoms with E-state index in [0.29, 0.717) is 37.3 Å². The maximum Gasteiger partial charge on any atom is 0.416 e. The normalized spacial score (nSPS) is 14.6. The second-order valence-electron chi connectivity index (χ2n) is 7.36. The van der Waals surface area contributed by atoms with Crippen LogP contribution < -0.4 is 5.73 Å². The molecule has 4 rings (SSSR count). The van der Waals surface area contributed by atoms with Crippen LogP contribution in [-0.2, 0) is 23.8 Å². The molecule has 1 atom stereocenters. The maximum absolute atomic E-state index is 13.0. The van der Waals surface area contributed by atoms with Crippen LogP contribution in [0.5, 0.6) is 0 Å². The number of halogens is 3. The lowest BCUT2D eigenvalue weighted by Crippen LogP contribution is -2.26. The molecule has 0 radical (unpaired) electrons. The molecule has 0 unspecified atom stereocenters. The average molecular weight is 414 g/mol. The number of rotatable bonds is 6. The quantitative estimate of drug-likeness (QED) is 0.662. The molecule has 2 N–H and O–H groups in total. The predicted octanol–water partition coefficient (Wildman–Crippen LogP) is 3.94. The summed E-state index contributed by atoms with van der Waals surface area (Å²) in [6, 6.07) is 3.77. The van der Waals surface area contributed by atoms with Crippen LogP contribution in [0.15, 0.2) is 42.9 Å². The zero-order valence-electron chi connectivity index (χ0n) is 16.4. The van der Waals surface area contributed by atoms with Gasteiger partial charge in [-0.3, -0.25) is 4.98 Å². The van der Waals surface area contributed by atoms with Gasteiger partial charge in [0, 0.05) is 49.1 Å². The number of aromatic nitrogens is 3. The van der Waals surface area contributed by atoms with Crippen molar-refractivity contribution in [2.45, 2.75) is 31.5 Å². The van der Waals surface area contributed by atoms with Gasteiger partial charge in [-0.05, 0) is 41.7 Å². The summed E-state index contributed by atoms with van der Waals surface area (Å²) in [5, 5.41) is 0.777. The number of alkyl halides is 3. The molecule has 3 aromatic rings. The molecule has 0 saturated carbocycles. The Morgan fingerprint density at radius 3 is 2.77 bits per heavy atom. The van der Waals surface area contributed by atoms with E-state index in [2.05, 4.69) is 9.97 Å². The van der Waals surface area contributed by atoms with Crippen molar-refractivity contribution in [3.8, 4) is 0 Å². The summed E-state index contributed by atoms with van der Waals surface area (Å²) < 4.78 is 44.2. The van der Waals surface area contributed by atoms with Crippen LogP contribution in [-0.4, -0.2) is 34.7 Å². The number of nitrogens with two attached hydrogens (primary N) is 1. The summed E-state index contributed by atoms with van der Waals surface area (Å²) in [6.45, 7) is 0.465. The van der Waals surface area contributed by atoms with Gasteiger partial charge in [0.25, 0.3) is 0 Å². The third kappa shape index (κ3) is 4.06. The number of nitrogens with zero attached hydrogens (tertiary/aromatic N) is 3. The monoisotopic (exact) mass is 414 g/mol. The molecule has 5 nitrogen and oxygen atoms in total. The highest BCUT2D eigenvalue weighted by Gasteiger charge is 2.32. The molecule has 0 saturated heterocycles. The lowest BCUT2D eigenvalue weighted by molar-refractivity contribution is -0.137. The first-order valence-corrected chi connectivity index (χ1v) is 9.62. The second-order valence-corrected chi connectivity index (χ2v) is 7.36. The topological polar surface area (TPSA) is 73.9 Å². The Morgan fingerprint density at radius 1 is 1.17 bits per heavy atom. The van der Waals surface area contributed by atoms with E-state index in [4.69, 9.17) is 15.5 Å². The first-order chi connectivity index (χ1) is 14.4. The van der Waals surface area contributed by atoms with E-state index in [0.717, 1.165) is 33.7 Å². The predicted molar refractivity (Wildman–Crippen MR) is 108 cm³/mol. The number of ether oxygens (including phenoxy) is 1. The largest absolute Gasteiger partial charge is 0.416 e. The molecule has 1 aliphatic carbocycles. The molecular formula is C22H21F3N4O. The zero-order chi connectivity index (χ0) is 21.3. The minimum absolute atomic E-state index is 0.0987. The summed E-state index contributed by atoms with van der Waals surface area (Å²) in [5.74, 6) is 0.660. The molecule has 1 aliphatic rings. The van der Waals surface area contributed by atoms with Crippen LogP contribution in [0.4, 0.5) is 13.2 Å². The summed E-state index contributed by atoms with van der Waals surface area (Å²) in [5.41, 5.74) is 9.15.